The average molecular weight is 273 g/mol. The zero-order chi connectivity index (χ0) is 13.5. The Hall–Kier alpha value is -1.45. The average Bonchev–Trinajstić information content (AvgIpc) is 2.49. The fourth-order valence-corrected chi connectivity index (χ4v) is 2.96. The van der Waals surface area contributed by atoms with Crippen molar-refractivity contribution in [2.75, 3.05) is 13.7 Å². The first-order valence-electron chi connectivity index (χ1n) is 6.33. The van der Waals surface area contributed by atoms with Crippen molar-refractivity contribution in [1.82, 2.24) is 0 Å². The van der Waals surface area contributed by atoms with Gasteiger partial charge in [0.1, 0.15) is 5.75 Å². The van der Waals surface area contributed by atoms with Gasteiger partial charge in [-0.15, -0.1) is 11.8 Å². The summed E-state index contributed by atoms with van der Waals surface area (Å²) in [5.41, 5.74) is 8.47. The van der Waals surface area contributed by atoms with E-state index in [1.165, 1.54) is 11.1 Å². The molecule has 0 fully saturated rings. The van der Waals surface area contributed by atoms with Crippen molar-refractivity contribution in [3.05, 3.63) is 65.7 Å². The lowest BCUT2D eigenvalue weighted by Gasteiger charge is -2.15. The largest absolute Gasteiger partial charge is 0.497 e. The summed E-state index contributed by atoms with van der Waals surface area (Å²) >= 11 is 1.88. The van der Waals surface area contributed by atoms with Crippen LogP contribution in [0.15, 0.2) is 54.6 Å². The van der Waals surface area contributed by atoms with Gasteiger partial charge in [0.05, 0.1) is 7.11 Å². The minimum Gasteiger partial charge on any atom is -0.497 e. The maximum atomic E-state index is 5.89. The Kier molecular flexibility index (Phi) is 5.31. The van der Waals surface area contributed by atoms with E-state index in [0.29, 0.717) is 11.8 Å². The Morgan fingerprint density at radius 1 is 1.05 bits per heavy atom. The van der Waals surface area contributed by atoms with E-state index in [4.69, 9.17) is 10.5 Å². The predicted octanol–water partition coefficient (Wildman–Crippen LogP) is 3.63. The fourth-order valence-electron chi connectivity index (χ4n) is 1.89. The molecular formula is C16H19NOS. The molecule has 0 spiro atoms. The van der Waals surface area contributed by atoms with Crippen molar-refractivity contribution in [3.63, 3.8) is 0 Å². The van der Waals surface area contributed by atoms with Crippen LogP contribution in [0.5, 0.6) is 5.75 Å². The van der Waals surface area contributed by atoms with Crippen molar-refractivity contribution in [3.8, 4) is 5.75 Å². The monoisotopic (exact) mass is 273 g/mol. The van der Waals surface area contributed by atoms with Gasteiger partial charge >= 0.3 is 0 Å². The molecule has 0 amide bonds. The van der Waals surface area contributed by atoms with E-state index in [9.17, 15) is 0 Å². The second-order valence-corrected chi connectivity index (χ2v) is 5.49. The van der Waals surface area contributed by atoms with Crippen LogP contribution in [0.3, 0.4) is 0 Å². The summed E-state index contributed by atoms with van der Waals surface area (Å²) in [5.74, 6) is 1.86. The van der Waals surface area contributed by atoms with Gasteiger partial charge in [-0.3, -0.25) is 0 Å². The first-order chi connectivity index (χ1) is 9.33. The Balaban J connectivity index is 1.99. The van der Waals surface area contributed by atoms with Gasteiger partial charge in [-0.25, -0.2) is 0 Å². The molecule has 2 rings (SSSR count). The number of rotatable bonds is 6. The third-order valence-corrected chi connectivity index (χ3v) is 4.36. The predicted molar refractivity (Wildman–Crippen MR) is 82.5 cm³/mol. The van der Waals surface area contributed by atoms with Crippen molar-refractivity contribution in [2.45, 2.75) is 11.0 Å². The van der Waals surface area contributed by atoms with Gasteiger partial charge in [-0.05, 0) is 23.3 Å². The molecule has 2 aromatic carbocycles. The van der Waals surface area contributed by atoms with Gasteiger partial charge in [0.2, 0.25) is 0 Å². The molecule has 0 aliphatic rings. The van der Waals surface area contributed by atoms with Crippen molar-refractivity contribution >= 4 is 11.8 Å². The van der Waals surface area contributed by atoms with Gasteiger partial charge in [0.25, 0.3) is 0 Å². The van der Waals surface area contributed by atoms with Gasteiger partial charge in [0, 0.05) is 17.5 Å². The summed E-state index contributed by atoms with van der Waals surface area (Å²) in [6.45, 7) is 0.643. The quantitative estimate of drug-likeness (QED) is 0.873. The van der Waals surface area contributed by atoms with Crippen LogP contribution in [0.25, 0.3) is 0 Å². The Morgan fingerprint density at radius 2 is 1.74 bits per heavy atom. The summed E-state index contributed by atoms with van der Waals surface area (Å²) in [6.07, 6.45) is 0. The second-order valence-electron chi connectivity index (χ2n) is 4.29. The number of ether oxygens (including phenoxy) is 1. The molecule has 19 heavy (non-hydrogen) atoms. The summed E-state index contributed by atoms with van der Waals surface area (Å²) in [4.78, 5) is 0. The third-order valence-electron chi connectivity index (χ3n) is 3.00. The summed E-state index contributed by atoms with van der Waals surface area (Å²) < 4.78 is 5.17. The Bertz CT molecular complexity index is 484. The van der Waals surface area contributed by atoms with E-state index in [0.717, 1.165) is 11.5 Å². The molecule has 100 valence electrons. The first kappa shape index (κ1) is 14.0. The van der Waals surface area contributed by atoms with Crippen LogP contribution in [-0.2, 0) is 5.75 Å². The molecule has 0 radical (unpaired) electrons. The molecule has 2 nitrogen and oxygen atoms in total. The van der Waals surface area contributed by atoms with Gasteiger partial charge in [-0.1, -0.05) is 42.5 Å². The lowest BCUT2D eigenvalue weighted by molar-refractivity contribution is 0.414. The number of methoxy groups -OCH3 is 1. The molecule has 1 unspecified atom stereocenters. The van der Waals surface area contributed by atoms with Crippen LogP contribution in [0.2, 0.25) is 0 Å². The van der Waals surface area contributed by atoms with Crippen LogP contribution >= 0.6 is 11.8 Å². The lowest BCUT2D eigenvalue weighted by Crippen LogP contribution is -2.09. The van der Waals surface area contributed by atoms with Crippen LogP contribution in [0, 0.1) is 0 Å². The maximum Gasteiger partial charge on any atom is 0.118 e. The molecule has 3 heteroatoms. The van der Waals surface area contributed by atoms with Crippen LogP contribution in [0.4, 0.5) is 0 Å². The number of hydrogen-bond acceptors (Lipinski definition) is 3. The minimum absolute atomic E-state index is 0.325. The minimum atomic E-state index is 0.325. The molecule has 2 aromatic rings. The Labute approximate surface area is 119 Å². The lowest BCUT2D eigenvalue weighted by atomic mass is 10.1. The highest BCUT2D eigenvalue weighted by atomic mass is 32.2. The van der Waals surface area contributed by atoms with Crippen molar-refractivity contribution < 1.29 is 4.74 Å². The molecule has 0 bridgehead atoms. The van der Waals surface area contributed by atoms with Crippen LogP contribution < -0.4 is 10.5 Å². The normalized spacial score (nSPS) is 12.1. The number of thioether (sulfide) groups is 1. The smallest absolute Gasteiger partial charge is 0.118 e. The molecule has 0 saturated heterocycles. The number of nitrogens with two attached hydrogens (primary N) is 1. The molecule has 0 heterocycles. The molecule has 0 aliphatic heterocycles. The summed E-state index contributed by atoms with van der Waals surface area (Å²) in [7, 11) is 1.68. The van der Waals surface area contributed by atoms with Gasteiger partial charge < -0.3 is 10.5 Å². The van der Waals surface area contributed by atoms with Gasteiger partial charge in [0.15, 0.2) is 0 Å². The third kappa shape index (κ3) is 4.01. The summed E-state index contributed by atoms with van der Waals surface area (Å²) in [5, 5.41) is 0.325. The van der Waals surface area contributed by atoms with Crippen molar-refractivity contribution in [2.24, 2.45) is 5.73 Å². The van der Waals surface area contributed by atoms with Gasteiger partial charge in [-0.2, -0.15) is 0 Å². The van der Waals surface area contributed by atoms with Crippen LogP contribution in [-0.4, -0.2) is 13.7 Å². The molecular weight excluding hydrogens is 254 g/mol. The molecule has 2 N–H and O–H groups in total. The van der Waals surface area contributed by atoms with E-state index in [2.05, 4.69) is 36.4 Å². The highest BCUT2D eigenvalue weighted by Gasteiger charge is 2.10. The molecule has 0 saturated carbocycles. The Morgan fingerprint density at radius 3 is 2.32 bits per heavy atom. The highest BCUT2D eigenvalue weighted by Crippen LogP contribution is 2.31. The maximum absolute atomic E-state index is 5.89. The molecule has 0 aromatic heterocycles. The fraction of sp³-hybridized carbons (Fsp3) is 0.250. The van der Waals surface area contributed by atoms with E-state index < -0.39 is 0 Å². The van der Waals surface area contributed by atoms with E-state index in [1.807, 2.05) is 30.0 Å². The van der Waals surface area contributed by atoms with Crippen LogP contribution in [0.1, 0.15) is 16.4 Å². The SMILES string of the molecule is COc1ccc(C(CN)SCc2ccccc2)cc1. The zero-order valence-corrected chi connectivity index (χ0v) is 11.9. The standard InChI is InChI=1S/C16H19NOS/c1-18-15-9-7-14(8-10-15)16(11-17)19-12-13-5-3-2-4-6-13/h2-10,16H,11-12,17H2,1H3. The van der Waals surface area contributed by atoms with E-state index >= 15 is 0 Å². The highest BCUT2D eigenvalue weighted by molar-refractivity contribution is 7.98. The summed E-state index contributed by atoms with van der Waals surface area (Å²) in [6, 6.07) is 18.6. The van der Waals surface area contributed by atoms with E-state index in [-0.39, 0.29) is 0 Å². The number of hydrogen-bond donors (Lipinski definition) is 1. The van der Waals surface area contributed by atoms with E-state index in [1.54, 1.807) is 7.11 Å². The molecule has 1 atom stereocenters. The topological polar surface area (TPSA) is 35.2 Å². The second kappa shape index (κ2) is 7.22. The zero-order valence-electron chi connectivity index (χ0n) is 11.1. The number of benzene rings is 2. The first-order valence-corrected chi connectivity index (χ1v) is 7.38. The van der Waals surface area contributed by atoms with Crippen molar-refractivity contribution in [1.29, 1.82) is 0 Å². The molecule has 0 aliphatic carbocycles.